The normalized spacial score (nSPS) is 12.1. The third kappa shape index (κ3) is 3.33. The number of hydrogen-bond donors (Lipinski definition) is 1. The quantitative estimate of drug-likeness (QED) is 0.854. The molecule has 0 saturated carbocycles. The van der Waals surface area contributed by atoms with Gasteiger partial charge in [0.15, 0.2) is 0 Å². The largest absolute Gasteiger partial charge is 0.272 e. The number of carbonyl (C=O) groups excluding carboxylic acids is 1. The summed E-state index contributed by atoms with van der Waals surface area (Å²) in [4.78, 5) is 12.9. The van der Waals surface area contributed by atoms with Gasteiger partial charge in [0.1, 0.15) is 12.7 Å². The van der Waals surface area contributed by atoms with Crippen LogP contribution in [0.5, 0.6) is 0 Å². The van der Waals surface area contributed by atoms with Crippen molar-refractivity contribution in [2.45, 2.75) is 24.0 Å². The van der Waals surface area contributed by atoms with Gasteiger partial charge in [-0.15, -0.1) is 22.0 Å². The van der Waals surface area contributed by atoms with Gasteiger partial charge in [-0.1, -0.05) is 17.7 Å². The summed E-state index contributed by atoms with van der Waals surface area (Å²) < 4.78 is 1.44. The van der Waals surface area contributed by atoms with E-state index in [4.69, 9.17) is 0 Å². The number of carbonyl (C=O) groups is 1. The van der Waals surface area contributed by atoms with Crippen LogP contribution < -0.4 is 5.43 Å². The Morgan fingerprint density at radius 3 is 2.50 bits per heavy atom. The highest BCUT2D eigenvalue weighted by Gasteiger charge is 2.14. The van der Waals surface area contributed by atoms with Crippen molar-refractivity contribution in [3.05, 3.63) is 42.5 Å². The number of thioether (sulfide) groups is 1. The molecule has 0 saturated heterocycles. The van der Waals surface area contributed by atoms with Gasteiger partial charge in [0.05, 0.1) is 5.25 Å². The van der Waals surface area contributed by atoms with E-state index >= 15 is 0 Å². The van der Waals surface area contributed by atoms with E-state index in [2.05, 4.69) is 15.6 Å². The highest BCUT2D eigenvalue weighted by molar-refractivity contribution is 8.00. The lowest BCUT2D eigenvalue weighted by atomic mass is 10.2. The van der Waals surface area contributed by atoms with Crippen LogP contribution in [0.25, 0.3) is 0 Å². The molecule has 1 heterocycles. The fraction of sp³-hybridized carbons (Fsp3) is 0.250. The number of nitrogens with one attached hydrogen (secondary N) is 1. The molecule has 1 amide bonds. The van der Waals surface area contributed by atoms with Crippen molar-refractivity contribution in [3.63, 3.8) is 0 Å². The van der Waals surface area contributed by atoms with E-state index in [0.717, 1.165) is 4.90 Å². The van der Waals surface area contributed by atoms with E-state index < -0.39 is 0 Å². The van der Waals surface area contributed by atoms with E-state index in [-0.39, 0.29) is 11.2 Å². The molecule has 0 spiro atoms. The predicted octanol–water partition coefficient (Wildman–Crippen LogP) is 1.84. The second-order valence-electron chi connectivity index (χ2n) is 3.92. The highest BCUT2D eigenvalue weighted by Crippen LogP contribution is 2.23. The average molecular weight is 262 g/mol. The zero-order chi connectivity index (χ0) is 13.0. The van der Waals surface area contributed by atoms with Crippen molar-refractivity contribution in [1.29, 1.82) is 0 Å². The molecular formula is C12H14N4OS. The van der Waals surface area contributed by atoms with E-state index in [1.165, 1.54) is 34.7 Å². The third-order valence-corrected chi connectivity index (χ3v) is 3.47. The summed E-state index contributed by atoms with van der Waals surface area (Å²) in [7, 11) is 0. The Hall–Kier alpha value is -1.82. The molecule has 0 radical (unpaired) electrons. The van der Waals surface area contributed by atoms with E-state index in [0.29, 0.717) is 0 Å². The van der Waals surface area contributed by atoms with Crippen molar-refractivity contribution in [3.8, 4) is 0 Å². The maximum atomic E-state index is 11.9. The summed E-state index contributed by atoms with van der Waals surface area (Å²) in [5.74, 6) is -0.0830. The molecule has 18 heavy (non-hydrogen) atoms. The zero-order valence-electron chi connectivity index (χ0n) is 10.2. The smallest absolute Gasteiger partial charge is 0.252 e. The second kappa shape index (κ2) is 5.68. The van der Waals surface area contributed by atoms with Crippen molar-refractivity contribution >= 4 is 17.7 Å². The molecule has 1 aromatic heterocycles. The average Bonchev–Trinajstić information content (AvgIpc) is 2.85. The van der Waals surface area contributed by atoms with Gasteiger partial charge in [-0.2, -0.15) is 0 Å². The Morgan fingerprint density at radius 2 is 1.89 bits per heavy atom. The minimum atomic E-state index is -0.185. The van der Waals surface area contributed by atoms with Crippen LogP contribution in [-0.2, 0) is 4.79 Å². The highest BCUT2D eigenvalue weighted by atomic mass is 32.2. The first-order chi connectivity index (χ1) is 8.65. The molecule has 5 nitrogen and oxygen atoms in total. The Bertz CT molecular complexity index is 509. The van der Waals surface area contributed by atoms with Crippen LogP contribution in [0.2, 0.25) is 0 Å². The molecule has 94 valence electrons. The zero-order valence-corrected chi connectivity index (χ0v) is 11.0. The molecule has 2 aromatic rings. The fourth-order valence-corrected chi connectivity index (χ4v) is 2.21. The van der Waals surface area contributed by atoms with E-state index in [1.807, 2.05) is 38.1 Å². The molecule has 1 atom stereocenters. The summed E-state index contributed by atoms with van der Waals surface area (Å²) in [6.45, 7) is 3.90. The lowest BCUT2D eigenvalue weighted by Crippen LogP contribution is -2.28. The van der Waals surface area contributed by atoms with E-state index in [9.17, 15) is 4.79 Å². The SMILES string of the molecule is Cc1ccc(SC(C)C(=O)Nn2cnnc2)cc1. The van der Waals surface area contributed by atoms with Crippen LogP contribution in [0.15, 0.2) is 41.8 Å². The fourth-order valence-electron chi connectivity index (χ4n) is 1.35. The second-order valence-corrected chi connectivity index (χ2v) is 5.33. The maximum absolute atomic E-state index is 11.9. The van der Waals surface area contributed by atoms with Crippen LogP contribution in [0.4, 0.5) is 0 Å². The predicted molar refractivity (Wildman–Crippen MR) is 70.9 cm³/mol. The van der Waals surface area contributed by atoms with Crippen molar-refractivity contribution in [2.75, 3.05) is 5.43 Å². The Balaban J connectivity index is 1.93. The van der Waals surface area contributed by atoms with Crippen molar-refractivity contribution in [2.24, 2.45) is 0 Å². The van der Waals surface area contributed by atoms with E-state index in [1.54, 1.807) is 0 Å². The number of rotatable bonds is 4. The van der Waals surface area contributed by atoms with Crippen molar-refractivity contribution < 1.29 is 4.79 Å². The topological polar surface area (TPSA) is 59.8 Å². The lowest BCUT2D eigenvalue weighted by Gasteiger charge is -2.11. The molecule has 0 aliphatic rings. The molecule has 0 aliphatic carbocycles. The molecule has 1 unspecified atom stereocenters. The lowest BCUT2D eigenvalue weighted by molar-refractivity contribution is -0.116. The van der Waals surface area contributed by atoms with Crippen LogP contribution in [-0.4, -0.2) is 26.0 Å². The summed E-state index contributed by atoms with van der Waals surface area (Å²) in [6.07, 6.45) is 2.89. The molecular weight excluding hydrogens is 248 g/mol. The number of hydrogen-bond acceptors (Lipinski definition) is 4. The number of amides is 1. The van der Waals surface area contributed by atoms with Gasteiger partial charge in [-0.3, -0.25) is 10.2 Å². The first-order valence-electron chi connectivity index (χ1n) is 5.54. The maximum Gasteiger partial charge on any atom is 0.252 e. The third-order valence-electron chi connectivity index (χ3n) is 2.36. The first-order valence-corrected chi connectivity index (χ1v) is 6.42. The molecule has 0 aliphatic heterocycles. The molecule has 1 aromatic carbocycles. The molecule has 0 fully saturated rings. The number of aryl methyl sites for hydroxylation is 1. The molecule has 2 rings (SSSR count). The summed E-state index contributed by atoms with van der Waals surface area (Å²) in [6, 6.07) is 8.10. The van der Waals surface area contributed by atoms with Gasteiger partial charge in [0.25, 0.3) is 5.91 Å². The minimum Gasteiger partial charge on any atom is -0.272 e. The Labute approximate surface area is 110 Å². The van der Waals surface area contributed by atoms with Crippen LogP contribution in [0.1, 0.15) is 12.5 Å². The number of nitrogens with zero attached hydrogens (tertiary/aromatic N) is 3. The van der Waals surface area contributed by atoms with Gasteiger partial charge >= 0.3 is 0 Å². The molecule has 0 bridgehead atoms. The van der Waals surface area contributed by atoms with Gasteiger partial charge in [-0.05, 0) is 26.0 Å². The first kappa shape index (κ1) is 12.6. The van der Waals surface area contributed by atoms with Gasteiger partial charge in [0.2, 0.25) is 0 Å². The van der Waals surface area contributed by atoms with Crippen LogP contribution >= 0.6 is 11.8 Å². The molecule has 6 heteroatoms. The monoisotopic (exact) mass is 262 g/mol. The van der Waals surface area contributed by atoms with Crippen LogP contribution in [0.3, 0.4) is 0 Å². The Morgan fingerprint density at radius 1 is 1.28 bits per heavy atom. The number of benzene rings is 1. The minimum absolute atomic E-state index is 0.0830. The van der Waals surface area contributed by atoms with Gasteiger partial charge in [0, 0.05) is 4.90 Å². The summed E-state index contributed by atoms with van der Waals surface area (Å²) in [5, 5.41) is 7.05. The van der Waals surface area contributed by atoms with Gasteiger partial charge < -0.3 is 0 Å². The molecule has 1 N–H and O–H groups in total. The standard InChI is InChI=1S/C12H14N4OS/c1-9-3-5-11(6-4-9)18-10(2)12(17)15-16-7-13-14-8-16/h3-8,10H,1-2H3,(H,15,17). The van der Waals surface area contributed by atoms with Gasteiger partial charge in [-0.25, -0.2) is 4.68 Å². The van der Waals surface area contributed by atoms with Crippen molar-refractivity contribution in [1.82, 2.24) is 14.9 Å². The number of aromatic nitrogens is 3. The Kier molecular flexibility index (Phi) is 3.99. The summed E-state index contributed by atoms with van der Waals surface area (Å²) in [5.41, 5.74) is 3.89. The summed E-state index contributed by atoms with van der Waals surface area (Å²) >= 11 is 1.52. The van der Waals surface area contributed by atoms with Crippen LogP contribution in [0, 0.1) is 6.92 Å².